The highest BCUT2D eigenvalue weighted by molar-refractivity contribution is 6.33. The van der Waals surface area contributed by atoms with E-state index < -0.39 is 5.91 Å². The number of imide groups is 1. The van der Waals surface area contributed by atoms with E-state index in [0.717, 1.165) is 30.6 Å². The number of pyridine rings is 1. The molecule has 166 valence electrons. The molecule has 3 amide bonds. The summed E-state index contributed by atoms with van der Waals surface area (Å²) in [7, 11) is 0. The summed E-state index contributed by atoms with van der Waals surface area (Å²) in [6, 6.07) is 10.8. The zero-order valence-electron chi connectivity index (χ0n) is 18.3. The van der Waals surface area contributed by atoms with Gasteiger partial charge < -0.3 is 4.90 Å². The van der Waals surface area contributed by atoms with Gasteiger partial charge in [0.05, 0.1) is 11.3 Å². The van der Waals surface area contributed by atoms with Gasteiger partial charge in [0, 0.05) is 23.8 Å². The first-order chi connectivity index (χ1) is 15.6. The van der Waals surface area contributed by atoms with E-state index in [1.807, 2.05) is 0 Å². The fourth-order valence-electron chi connectivity index (χ4n) is 5.55. The lowest BCUT2D eigenvalue weighted by Crippen LogP contribution is -2.48. The fourth-order valence-corrected chi connectivity index (χ4v) is 5.55. The predicted octanol–water partition coefficient (Wildman–Crippen LogP) is 4.99. The molecule has 0 spiro atoms. The summed E-state index contributed by atoms with van der Waals surface area (Å²) < 4.78 is 0. The third kappa shape index (κ3) is 3.72. The first-order valence-corrected chi connectivity index (χ1v) is 11.9. The van der Waals surface area contributed by atoms with E-state index in [-0.39, 0.29) is 17.5 Å². The van der Waals surface area contributed by atoms with E-state index in [1.165, 1.54) is 44.7 Å². The smallest absolute Gasteiger partial charge is 0.284 e. The van der Waals surface area contributed by atoms with E-state index in [1.54, 1.807) is 36.4 Å². The third-order valence-electron chi connectivity index (χ3n) is 7.19. The highest BCUT2D eigenvalue weighted by Gasteiger charge is 2.38. The van der Waals surface area contributed by atoms with Crippen molar-refractivity contribution in [2.45, 2.75) is 76.3 Å². The molecule has 0 N–H and O–H groups in total. The minimum absolute atomic E-state index is 0.0828. The van der Waals surface area contributed by atoms with Gasteiger partial charge in [-0.15, -0.1) is 0 Å². The molecule has 0 unspecified atom stereocenters. The average Bonchev–Trinajstić information content (AvgIpc) is 3.11. The summed E-state index contributed by atoms with van der Waals surface area (Å²) in [6.45, 7) is 0. The van der Waals surface area contributed by atoms with Crippen molar-refractivity contribution in [2.24, 2.45) is 0 Å². The Hall–Kier alpha value is -3.02. The van der Waals surface area contributed by atoms with Crippen molar-refractivity contribution in [3.63, 3.8) is 0 Å². The van der Waals surface area contributed by atoms with Crippen LogP contribution in [0.25, 0.3) is 0 Å². The molecule has 2 saturated carbocycles. The van der Waals surface area contributed by atoms with Crippen LogP contribution >= 0.6 is 0 Å². The lowest BCUT2D eigenvalue weighted by Gasteiger charge is -2.42. The number of nitrogens with zero attached hydrogens (tertiary/aromatic N) is 3. The summed E-state index contributed by atoms with van der Waals surface area (Å²) in [4.78, 5) is 46.5. The molecule has 2 heterocycles. The molecule has 3 aliphatic rings. The maximum atomic E-state index is 13.7. The minimum atomic E-state index is -0.421. The molecule has 6 nitrogen and oxygen atoms in total. The van der Waals surface area contributed by atoms with E-state index in [2.05, 4.69) is 9.88 Å². The molecular formula is C26H29N3O3. The molecule has 32 heavy (non-hydrogen) atoms. The predicted molar refractivity (Wildman–Crippen MR) is 122 cm³/mol. The summed E-state index contributed by atoms with van der Waals surface area (Å²) in [6.07, 6.45) is 13.1. The Kier molecular flexibility index (Phi) is 5.77. The number of fused-ring (bicyclic) bond motifs is 1. The van der Waals surface area contributed by atoms with Crippen molar-refractivity contribution in [2.75, 3.05) is 4.90 Å². The SMILES string of the molecule is O=C1c2cccnc2C(=O)N1c1ccc(C(=O)N(C2CCCCC2)C2CCCCC2)cc1. The van der Waals surface area contributed by atoms with E-state index in [9.17, 15) is 14.4 Å². The second kappa shape index (κ2) is 8.85. The summed E-state index contributed by atoms with van der Waals surface area (Å²) in [5.41, 5.74) is 1.59. The lowest BCUT2D eigenvalue weighted by molar-refractivity contribution is 0.0448. The van der Waals surface area contributed by atoms with Crippen LogP contribution < -0.4 is 4.90 Å². The highest BCUT2D eigenvalue weighted by Crippen LogP contribution is 2.32. The monoisotopic (exact) mass is 431 g/mol. The largest absolute Gasteiger partial charge is 0.333 e. The second-order valence-corrected chi connectivity index (χ2v) is 9.19. The Morgan fingerprint density at radius 1 is 0.812 bits per heavy atom. The summed E-state index contributed by atoms with van der Waals surface area (Å²) >= 11 is 0. The number of rotatable bonds is 4. The van der Waals surface area contributed by atoms with Gasteiger partial charge in [0.25, 0.3) is 17.7 Å². The van der Waals surface area contributed by atoms with Crippen LogP contribution in [0.3, 0.4) is 0 Å². The zero-order valence-corrected chi connectivity index (χ0v) is 18.3. The molecular weight excluding hydrogens is 402 g/mol. The number of amides is 3. The van der Waals surface area contributed by atoms with Gasteiger partial charge >= 0.3 is 0 Å². The molecule has 0 atom stereocenters. The van der Waals surface area contributed by atoms with Crippen molar-refractivity contribution >= 4 is 23.4 Å². The molecule has 5 rings (SSSR count). The van der Waals surface area contributed by atoms with Gasteiger partial charge in [-0.2, -0.15) is 0 Å². The summed E-state index contributed by atoms with van der Waals surface area (Å²) in [5.74, 6) is -0.710. The van der Waals surface area contributed by atoms with Gasteiger partial charge in [-0.3, -0.25) is 19.4 Å². The zero-order chi connectivity index (χ0) is 22.1. The Labute approximate surface area is 188 Å². The van der Waals surface area contributed by atoms with E-state index in [0.29, 0.717) is 28.9 Å². The quantitative estimate of drug-likeness (QED) is 0.640. The number of benzene rings is 1. The number of aromatic nitrogens is 1. The fraction of sp³-hybridized carbons (Fsp3) is 0.462. The van der Waals surface area contributed by atoms with Crippen LogP contribution in [-0.4, -0.2) is 39.7 Å². The molecule has 0 radical (unpaired) electrons. The van der Waals surface area contributed by atoms with Crippen molar-refractivity contribution in [1.29, 1.82) is 0 Å². The van der Waals surface area contributed by atoms with Crippen molar-refractivity contribution < 1.29 is 14.4 Å². The van der Waals surface area contributed by atoms with Crippen LogP contribution in [0, 0.1) is 0 Å². The van der Waals surface area contributed by atoms with Crippen LogP contribution in [0.2, 0.25) is 0 Å². The van der Waals surface area contributed by atoms with Crippen LogP contribution in [0.1, 0.15) is 95.4 Å². The standard InChI is InChI=1S/C26H29N3O3/c30-24(28(19-8-3-1-4-9-19)20-10-5-2-6-11-20)18-13-15-21(16-14-18)29-25(31)22-12-7-17-27-23(22)26(29)32/h7,12-17,19-20H,1-6,8-11H2. The first-order valence-electron chi connectivity index (χ1n) is 11.9. The Balaban J connectivity index is 1.39. The summed E-state index contributed by atoms with van der Waals surface area (Å²) in [5, 5.41) is 0. The number of hydrogen-bond donors (Lipinski definition) is 0. The topological polar surface area (TPSA) is 70.6 Å². The number of anilines is 1. The van der Waals surface area contributed by atoms with Gasteiger partial charge in [0.1, 0.15) is 5.69 Å². The Morgan fingerprint density at radius 3 is 1.97 bits per heavy atom. The maximum Gasteiger partial charge on any atom is 0.284 e. The third-order valence-corrected chi connectivity index (χ3v) is 7.19. The molecule has 1 aromatic heterocycles. The molecule has 1 aromatic carbocycles. The average molecular weight is 432 g/mol. The van der Waals surface area contributed by atoms with Gasteiger partial charge in [0.15, 0.2) is 0 Å². The maximum absolute atomic E-state index is 13.7. The highest BCUT2D eigenvalue weighted by atomic mass is 16.2. The Bertz CT molecular complexity index is 968. The van der Waals surface area contributed by atoms with Gasteiger partial charge in [-0.1, -0.05) is 38.5 Å². The van der Waals surface area contributed by atoms with Crippen LogP contribution in [0.5, 0.6) is 0 Å². The molecule has 2 fully saturated rings. The van der Waals surface area contributed by atoms with Crippen molar-refractivity contribution in [1.82, 2.24) is 9.88 Å². The van der Waals surface area contributed by atoms with Crippen LogP contribution in [0.15, 0.2) is 42.6 Å². The van der Waals surface area contributed by atoms with Crippen LogP contribution in [-0.2, 0) is 0 Å². The van der Waals surface area contributed by atoms with Crippen LogP contribution in [0.4, 0.5) is 5.69 Å². The molecule has 1 aliphatic heterocycles. The van der Waals surface area contributed by atoms with E-state index in [4.69, 9.17) is 0 Å². The molecule has 2 aromatic rings. The number of carbonyl (C=O) groups is 3. The molecule has 0 saturated heterocycles. The van der Waals surface area contributed by atoms with Crippen molar-refractivity contribution in [3.8, 4) is 0 Å². The molecule has 0 bridgehead atoms. The number of hydrogen-bond acceptors (Lipinski definition) is 4. The van der Waals surface area contributed by atoms with Crippen molar-refractivity contribution in [3.05, 3.63) is 59.4 Å². The van der Waals surface area contributed by atoms with Gasteiger partial charge in [-0.05, 0) is 62.1 Å². The number of carbonyl (C=O) groups excluding carboxylic acids is 3. The lowest BCUT2D eigenvalue weighted by atomic mass is 9.88. The van der Waals surface area contributed by atoms with Gasteiger partial charge in [-0.25, -0.2) is 4.90 Å². The normalized spacial score (nSPS) is 19.8. The van der Waals surface area contributed by atoms with E-state index >= 15 is 0 Å². The second-order valence-electron chi connectivity index (χ2n) is 9.19. The van der Waals surface area contributed by atoms with Gasteiger partial charge in [0.2, 0.25) is 0 Å². The minimum Gasteiger partial charge on any atom is -0.333 e. The molecule has 2 aliphatic carbocycles. The molecule has 6 heteroatoms. The first kappa shape index (κ1) is 20.9. The Morgan fingerprint density at radius 2 is 1.41 bits per heavy atom.